The lowest BCUT2D eigenvalue weighted by Gasteiger charge is -2.11. The van der Waals surface area contributed by atoms with Crippen LogP contribution in [0.25, 0.3) is 11.2 Å². The highest BCUT2D eigenvalue weighted by Gasteiger charge is 2.17. The number of aromatic nitrogens is 5. The summed E-state index contributed by atoms with van der Waals surface area (Å²) in [5, 5.41) is 3.03. The quantitative estimate of drug-likeness (QED) is 0.786. The van der Waals surface area contributed by atoms with Crippen molar-refractivity contribution in [3.05, 3.63) is 22.9 Å². The molecule has 8 heteroatoms. The smallest absolute Gasteiger partial charge is 0.245 e. The van der Waals surface area contributed by atoms with Crippen molar-refractivity contribution >= 4 is 28.4 Å². The summed E-state index contributed by atoms with van der Waals surface area (Å²) in [6, 6.07) is 0. The van der Waals surface area contributed by atoms with Crippen molar-refractivity contribution in [3.63, 3.8) is 0 Å². The Labute approximate surface area is 119 Å². The van der Waals surface area contributed by atoms with Gasteiger partial charge in [-0.2, -0.15) is 4.98 Å². The maximum Gasteiger partial charge on any atom is 0.245 e. The van der Waals surface area contributed by atoms with Crippen LogP contribution in [0.1, 0.15) is 17.8 Å². The van der Waals surface area contributed by atoms with E-state index in [0.717, 1.165) is 5.01 Å². The van der Waals surface area contributed by atoms with E-state index in [2.05, 4.69) is 26.9 Å². The van der Waals surface area contributed by atoms with Gasteiger partial charge in [-0.05, 0) is 0 Å². The summed E-state index contributed by atoms with van der Waals surface area (Å²) in [6.45, 7) is 2.76. The lowest BCUT2D eigenvalue weighted by atomic mass is 10.2. The van der Waals surface area contributed by atoms with Crippen molar-refractivity contribution in [3.8, 4) is 5.88 Å². The zero-order valence-corrected chi connectivity index (χ0v) is 12.0. The molecule has 0 radical (unpaired) electrons. The van der Waals surface area contributed by atoms with Crippen LogP contribution in [0.5, 0.6) is 5.88 Å². The van der Waals surface area contributed by atoms with Crippen molar-refractivity contribution in [2.45, 2.75) is 19.4 Å². The summed E-state index contributed by atoms with van der Waals surface area (Å²) in [5.41, 5.74) is 7.25. The molecule has 7 nitrogen and oxygen atoms in total. The number of rotatable bonds is 4. The van der Waals surface area contributed by atoms with E-state index in [4.69, 9.17) is 10.5 Å². The Hall–Kier alpha value is -2.22. The van der Waals surface area contributed by atoms with Crippen LogP contribution < -0.4 is 10.5 Å². The first kappa shape index (κ1) is 12.8. The van der Waals surface area contributed by atoms with Crippen LogP contribution in [0.4, 0.5) is 5.95 Å². The Balaban J connectivity index is 2.01. The van der Waals surface area contributed by atoms with Crippen LogP contribution in [0, 0.1) is 0 Å². The normalized spacial score (nSPS) is 12.7. The number of ether oxygens (including phenoxy) is 1. The first-order chi connectivity index (χ1) is 9.70. The Morgan fingerprint density at radius 1 is 1.40 bits per heavy atom. The maximum atomic E-state index is 5.99. The fraction of sp³-hybridized carbons (Fsp3) is 0.333. The lowest BCUT2D eigenvalue weighted by Crippen LogP contribution is -2.09. The molecule has 1 unspecified atom stereocenters. The number of thiazole rings is 1. The minimum atomic E-state index is 0.232. The van der Waals surface area contributed by atoms with Gasteiger partial charge in [0.1, 0.15) is 6.33 Å². The molecule has 0 aliphatic rings. The molecule has 3 aromatic heterocycles. The van der Waals surface area contributed by atoms with Crippen LogP contribution in [0.2, 0.25) is 0 Å². The third-order valence-corrected chi connectivity index (χ3v) is 4.06. The minimum Gasteiger partial charge on any atom is -0.479 e. The Bertz CT molecular complexity index is 723. The molecule has 0 aromatic carbocycles. The highest BCUT2D eigenvalue weighted by Crippen LogP contribution is 2.26. The topological polar surface area (TPSA) is 91.7 Å². The van der Waals surface area contributed by atoms with Gasteiger partial charge in [0.05, 0.1) is 12.1 Å². The molecule has 0 bridgehead atoms. The second-order valence-corrected chi connectivity index (χ2v) is 5.33. The van der Waals surface area contributed by atoms with Crippen molar-refractivity contribution in [1.82, 2.24) is 24.5 Å². The first-order valence-electron chi connectivity index (χ1n) is 6.10. The molecule has 3 heterocycles. The van der Waals surface area contributed by atoms with Crippen molar-refractivity contribution in [2.75, 3.05) is 12.8 Å². The number of hydrogen-bond acceptors (Lipinski definition) is 7. The number of hydrogen-bond donors (Lipinski definition) is 1. The second kappa shape index (κ2) is 5.04. The van der Waals surface area contributed by atoms with Crippen molar-refractivity contribution < 1.29 is 4.74 Å². The Morgan fingerprint density at radius 3 is 2.95 bits per heavy atom. The number of imidazole rings is 1. The van der Waals surface area contributed by atoms with Crippen molar-refractivity contribution in [1.29, 1.82) is 0 Å². The van der Waals surface area contributed by atoms with E-state index in [1.54, 1.807) is 24.6 Å². The molecule has 0 aliphatic carbocycles. The van der Waals surface area contributed by atoms with Gasteiger partial charge in [-0.25, -0.2) is 15.0 Å². The fourth-order valence-electron chi connectivity index (χ4n) is 2.09. The van der Waals surface area contributed by atoms with Crippen LogP contribution in [-0.4, -0.2) is 31.6 Å². The number of nitrogens with two attached hydrogens (primary N) is 1. The van der Waals surface area contributed by atoms with Gasteiger partial charge in [-0.1, -0.05) is 6.92 Å². The number of methoxy groups -OCH3 is 1. The van der Waals surface area contributed by atoms with Crippen LogP contribution in [-0.2, 0) is 6.54 Å². The average molecular weight is 290 g/mol. The molecule has 0 amide bonds. The van der Waals surface area contributed by atoms with Gasteiger partial charge in [0.25, 0.3) is 0 Å². The minimum absolute atomic E-state index is 0.232. The predicted molar refractivity (Wildman–Crippen MR) is 76.8 cm³/mol. The highest BCUT2D eigenvalue weighted by atomic mass is 32.1. The number of anilines is 1. The summed E-state index contributed by atoms with van der Waals surface area (Å²) in [7, 11) is 1.55. The fourth-order valence-corrected chi connectivity index (χ4v) is 2.78. The maximum absolute atomic E-state index is 5.99. The monoisotopic (exact) mass is 290 g/mol. The summed E-state index contributed by atoms with van der Waals surface area (Å²) in [4.78, 5) is 16.9. The van der Waals surface area contributed by atoms with E-state index >= 15 is 0 Å². The van der Waals surface area contributed by atoms with Gasteiger partial charge in [-0.15, -0.1) is 11.3 Å². The third kappa shape index (κ3) is 2.07. The van der Waals surface area contributed by atoms with Gasteiger partial charge in [0, 0.05) is 24.0 Å². The largest absolute Gasteiger partial charge is 0.479 e. The number of nitrogens with zero attached hydrogens (tertiary/aromatic N) is 5. The molecular weight excluding hydrogens is 276 g/mol. The molecule has 1 atom stereocenters. The SMILES string of the molecule is COc1ncnc2c1nc(N)n2CC(C)c1nccs1. The molecule has 0 saturated heterocycles. The molecule has 0 saturated carbocycles. The molecule has 0 spiro atoms. The van der Waals surface area contributed by atoms with Crippen LogP contribution >= 0.6 is 11.3 Å². The third-order valence-electron chi connectivity index (χ3n) is 3.05. The summed E-state index contributed by atoms with van der Waals surface area (Å²) in [5.74, 6) is 1.07. The second-order valence-electron chi connectivity index (χ2n) is 4.41. The molecule has 3 aromatic rings. The highest BCUT2D eigenvalue weighted by molar-refractivity contribution is 7.09. The zero-order chi connectivity index (χ0) is 14.1. The van der Waals surface area contributed by atoms with E-state index in [0.29, 0.717) is 29.5 Å². The zero-order valence-electron chi connectivity index (χ0n) is 11.1. The first-order valence-corrected chi connectivity index (χ1v) is 6.98. The standard InChI is InChI=1S/C12H14N6OS/c1-7(11-14-3-4-20-11)5-18-9-8(17-12(18)13)10(19-2)16-6-15-9/h3-4,6-7H,5H2,1-2H3,(H2,13,17). The molecule has 104 valence electrons. The van der Waals surface area contributed by atoms with E-state index in [-0.39, 0.29) is 5.92 Å². The summed E-state index contributed by atoms with van der Waals surface area (Å²) in [6.07, 6.45) is 3.25. The predicted octanol–water partition coefficient (Wildman–Crippen LogP) is 1.68. The lowest BCUT2D eigenvalue weighted by molar-refractivity contribution is 0.401. The van der Waals surface area contributed by atoms with Gasteiger partial charge >= 0.3 is 0 Å². The van der Waals surface area contributed by atoms with E-state index < -0.39 is 0 Å². The van der Waals surface area contributed by atoms with Gasteiger partial charge in [0.2, 0.25) is 11.8 Å². The van der Waals surface area contributed by atoms with E-state index in [1.165, 1.54) is 6.33 Å². The molecule has 20 heavy (non-hydrogen) atoms. The molecule has 3 rings (SSSR count). The van der Waals surface area contributed by atoms with Crippen LogP contribution in [0.3, 0.4) is 0 Å². The molecule has 2 N–H and O–H groups in total. The van der Waals surface area contributed by atoms with E-state index in [9.17, 15) is 0 Å². The van der Waals surface area contributed by atoms with E-state index in [1.807, 2.05) is 9.95 Å². The summed E-state index contributed by atoms with van der Waals surface area (Å²) < 4.78 is 7.05. The molecule has 0 aliphatic heterocycles. The van der Waals surface area contributed by atoms with Crippen LogP contribution in [0.15, 0.2) is 17.9 Å². The number of fused-ring (bicyclic) bond motifs is 1. The number of nitrogen functional groups attached to an aromatic ring is 1. The van der Waals surface area contributed by atoms with Crippen molar-refractivity contribution in [2.24, 2.45) is 0 Å². The summed E-state index contributed by atoms with van der Waals surface area (Å²) >= 11 is 1.63. The van der Waals surface area contributed by atoms with Gasteiger partial charge in [0.15, 0.2) is 11.2 Å². The molecule has 0 fully saturated rings. The Morgan fingerprint density at radius 2 is 2.25 bits per heavy atom. The molecular formula is C12H14N6OS. The Kier molecular flexibility index (Phi) is 3.23. The van der Waals surface area contributed by atoms with Gasteiger partial charge < -0.3 is 10.5 Å². The average Bonchev–Trinajstić information content (AvgIpc) is 3.07. The van der Waals surface area contributed by atoms with Gasteiger partial charge in [-0.3, -0.25) is 4.57 Å².